The number of carbonyl (C=O) groups excluding carboxylic acids is 1. The van der Waals surface area contributed by atoms with Gasteiger partial charge in [0.05, 0.1) is 6.04 Å². The van der Waals surface area contributed by atoms with Gasteiger partial charge in [-0.1, -0.05) is 30.3 Å². The van der Waals surface area contributed by atoms with Crippen molar-refractivity contribution >= 4 is 17.6 Å². The molecule has 102 valence electrons. The quantitative estimate of drug-likeness (QED) is 0.707. The lowest BCUT2D eigenvalue weighted by molar-refractivity contribution is -0.116. The van der Waals surface area contributed by atoms with Crippen molar-refractivity contribution in [3.05, 3.63) is 46.9 Å². The van der Waals surface area contributed by atoms with Crippen LogP contribution in [0.15, 0.2) is 36.4 Å². The van der Waals surface area contributed by atoms with Crippen LogP contribution in [-0.2, 0) is 4.79 Å². The van der Waals surface area contributed by atoms with Crippen LogP contribution >= 0.6 is 0 Å². The minimum absolute atomic E-state index is 0.286. The van der Waals surface area contributed by atoms with Crippen molar-refractivity contribution in [2.45, 2.75) is 25.3 Å². The largest absolute Gasteiger partial charge is 0.373 e. The molecule has 3 atom stereocenters. The van der Waals surface area contributed by atoms with Crippen molar-refractivity contribution in [1.29, 1.82) is 0 Å². The minimum Gasteiger partial charge on any atom is -0.373 e. The van der Waals surface area contributed by atoms with Crippen molar-refractivity contribution in [3.63, 3.8) is 0 Å². The first-order valence-corrected chi connectivity index (χ1v) is 7.48. The molecule has 20 heavy (non-hydrogen) atoms. The van der Waals surface area contributed by atoms with Gasteiger partial charge >= 0.3 is 0 Å². The smallest absolute Gasteiger partial charge is 0.156 e. The standard InChI is InChI=1S/C18H19NO/c1-19-11-13-4-2-3-5-15(13)18-16-10-14(20)8-6-12(16)7-9-17(18)19/h2-6,8,11-12,16-17H,7,9-10H2,1H3. The van der Waals surface area contributed by atoms with E-state index < -0.39 is 0 Å². The second-order valence-corrected chi connectivity index (χ2v) is 6.23. The van der Waals surface area contributed by atoms with Crippen LogP contribution in [0, 0.1) is 11.8 Å². The summed E-state index contributed by atoms with van der Waals surface area (Å²) in [6, 6.07) is 9.10. The lowest BCUT2D eigenvalue weighted by Gasteiger charge is -2.44. The zero-order chi connectivity index (χ0) is 13.7. The first-order chi connectivity index (χ1) is 9.74. The van der Waals surface area contributed by atoms with Crippen LogP contribution in [0.25, 0.3) is 11.8 Å². The molecule has 0 N–H and O–H groups in total. The van der Waals surface area contributed by atoms with Gasteiger partial charge in [0, 0.05) is 19.7 Å². The van der Waals surface area contributed by atoms with Gasteiger partial charge < -0.3 is 4.90 Å². The third kappa shape index (κ3) is 1.67. The predicted octanol–water partition coefficient (Wildman–Crippen LogP) is 1.44. The molecule has 0 spiro atoms. The molecule has 1 aromatic carbocycles. The van der Waals surface area contributed by atoms with Crippen molar-refractivity contribution in [1.82, 2.24) is 4.90 Å². The molecule has 0 amide bonds. The van der Waals surface area contributed by atoms with Crippen LogP contribution in [0.1, 0.15) is 19.3 Å². The van der Waals surface area contributed by atoms with Gasteiger partial charge in [0.15, 0.2) is 5.78 Å². The summed E-state index contributed by atoms with van der Waals surface area (Å²) in [5, 5.41) is 2.66. The summed E-state index contributed by atoms with van der Waals surface area (Å²) in [5.41, 5.74) is 1.50. The van der Waals surface area contributed by atoms with Gasteiger partial charge in [0.2, 0.25) is 0 Å². The van der Waals surface area contributed by atoms with Crippen LogP contribution in [-0.4, -0.2) is 23.8 Å². The Morgan fingerprint density at radius 1 is 1.20 bits per heavy atom. The van der Waals surface area contributed by atoms with Gasteiger partial charge in [0.1, 0.15) is 0 Å². The van der Waals surface area contributed by atoms with Crippen LogP contribution in [0.3, 0.4) is 0 Å². The Labute approximate surface area is 119 Å². The summed E-state index contributed by atoms with van der Waals surface area (Å²) >= 11 is 0. The van der Waals surface area contributed by atoms with E-state index in [2.05, 4.69) is 48.5 Å². The second kappa shape index (κ2) is 4.34. The summed E-state index contributed by atoms with van der Waals surface area (Å²) < 4.78 is 0. The molecule has 3 unspecified atom stereocenters. The van der Waals surface area contributed by atoms with Crippen molar-refractivity contribution < 1.29 is 4.79 Å². The summed E-state index contributed by atoms with van der Waals surface area (Å²) in [6.07, 6.45) is 9.28. The number of nitrogens with zero attached hydrogens (tertiary/aromatic N) is 1. The Balaban J connectivity index is 1.97. The van der Waals surface area contributed by atoms with E-state index in [-0.39, 0.29) is 5.78 Å². The Hall–Kier alpha value is -1.83. The normalized spacial score (nSPS) is 31.2. The molecule has 2 heteroatoms. The van der Waals surface area contributed by atoms with Crippen LogP contribution in [0.2, 0.25) is 0 Å². The van der Waals surface area contributed by atoms with Crippen LogP contribution in [0.5, 0.6) is 0 Å². The van der Waals surface area contributed by atoms with E-state index in [9.17, 15) is 4.79 Å². The van der Waals surface area contributed by atoms with E-state index in [1.165, 1.54) is 28.9 Å². The Morgan fingerprint density at radius 3 is 2.95 bits per heavy atom. The molecule has 4 rings (SSSR count). The number of rotatable bonds is 0. The van der Waals surface area contributed by atoms with E-state index in [0.29, 0.717) is 24.3 Å². The number of allylic oxidation sites excluding steroid dienone is 2. The summed E-state index contributed by atoms with van der Waals surface area (Å²) in [5.74, 6) is 1.25. The van der Waals surface area contributed by atoms with Gasteiger partial charge in [0.25, 0.3) is 0 Å². The van der Waals surface area contributed by atoms with E-state index in [0.717, 1.165) is 0 Å². The molecule has 1 aliphatic heterocycles. The topological polar surface area (TPSA) is 20.3 Å². The summed E-state index contributed by atoms with van der Waals surface area (Å²) in [6.45, 7) is 0. The maximum Gasteiger partial charge on any atom is 0.156 e. The summed E-state index contributed by atoms with van der Waals surface area (Å²) in [4.78, 5) is 14.2. The summed E-state index contributed by atoms with van der Waals surface area (Å²) in [7, 11) is 2.17. The lowest BCUT2D eigenvalue weighted by atomic mass is 9.67. The van der Waals surface area contributed by atoms with E-state index in [1.807, 2.05) is 0 Å². The van der Waals surface area contributed by atoms with E-state index in [4.69, 9.17) is 0 Å². The SMILES string of the molecule is CN1C=c2ccccc2=C2C3CC(=O)C=CC3CCC21. The van der Waals surface area contributed by atoms with Gasteiger partial charge in [-0.3, -0.25) is 4.79 Å². The number of carbonyl (C=O) groups is 1. The Kier molecular flexibility index (Phi) is 2.59. The Bertz CT molecular complexity index is 715. The van der Waals surface area contributed by atoms with E-state index in [1.54, 1.807) is 6.08 Å². The highest BCUT2D eigenvalue weighted by Gasteiger charge is 2.38. The highest BCUT2D eigenvalue weighted by molar-refractivity contribution is 5.92. The first-order valence-electron chi connectivity index (χ1n) is 7.48. The Morgan fingerprint density at radius 2 is 2.05 bits per heavy atom. The molecule has 3 aliphatic rings. The number of fused-ring (bicyclic) bond motifs is 4. The third-order valence-corrected chi connectivity index (χ3v) is 5.11. The molecule has 1 saturated carbocycles. The molecule has 0 aromatic heterocycles. The monoisotopic (exact) mass is 265 g/mol. The predicted molar refractivity (Wildman–Crippen MR) is 80.1 cm³/mol. The maximum atomic E-state index is 11.9. The third-order valence-electron chi connectivity index (χ3n) is 5.11. The zero-order valence-corrected chi connectivity index (χ0v) is 11.8. The molecule has 2 nitrogen and oxygen atoms in total. The molecule has 2 aliphatic carbocycles. The molecule has 0 radical (unpaired) electrons. The molecular formula is C18H19NO. The average Bonchev–Trinajstić information content (AvgIpc) is 2.46. The van der Waals surface area contributed by atoms with Crippen molar-refractivity contribution in [2.75, 3.05) is 7.05 Å². The van der Waals surface area contributed by atoms with Gasteiger partial charge in [-0.05, 0) is 46.8 Å². The van der Waals surface area contributed by atoms with Gasteiger partial charge in [-0.2, -0.15) is 0 Å². The fourth-order valence-electron chi connectivity index (χ4n) is 4.18. The molecule has 1 heterocycles. The fourth-order valence-corrected chi connectivity index (χ4v) is 4.18. The molecule has 1 fully saturated rings. The second-order valence-electron chi connectivity index (χ2n) is 6.23. The first kappa shape index (κ1) is 12.0. The van der Waals surface area contributed by atoms with Crippen LogP contribution < -0.4 is 10.4 Å². The van der Waals surface area contributed by atoms with Gasteiger partial charge in [-0.25, -0.2) is 0 Å². The van der Waals surface area contributed by atoms with Crippen LogP contribution in [0.4, 0.5) is 0 Å². The zero-order valence-electron chi connectivity index (χ0n) is 11.8. The highest BCUT2D eigenvalue weighted by atomic mass is 16.1. The van der Waals surface area contributed by atoms with Gasteiger partial charge in [-0.15, -0.1) is 0 Å². The molecular weight excluding hydrogens is 246 g/mol. The number of hydrogen-bond acceptors (Lipinski definition) is 2. The van der Waals surface area contributed by atoms with E-state index >= 15 is 0 Å². The highest BCUT2D eigenvalue weighted by Crippen LogP contribution is 2.42. The van der Waals surface area contributed by atoms with Crippen molar-refractivity contribution in [2.24, 2.45) is 11.8 Å². The lowest BCUT2D eigenvalue weighted by Crippen LogP contribution is -2.49. The fraction of sp³-hybridized carbons (Fsp3) is 0.389. The minimum atomic E-state index is 0.286. The molecule has 0 bridgehead atoms. The van der Waals surface area contributed by atoms with Crippen molar-refractivity contribution in [3.8, 4) is 0 Å². The number of hydrogen-bond donors (Lipinski definition) is 0. The molecule has 0 saturated heterocycles. The number of ketones is 1. The molecule has 1 aromatic rings. The number of benzene rings is 1. The maximum absolute atomic E-state index is 11.9. The average molecular weight is 265 g/mol.